The number of hydrogen-bond acceptors (Lipinski definition) is 3. The van der Waals surface area contributed by atoms with Gasteiger partial charge in [-0.05, 0) is 20.1 Å². The molecule has 80 valence electrons. The maximum atomic E-state index is 9.04. The standard InChI is InChI=1S/C10H23NOS/c1-9(2,8-12)6-11-7-10(3,4)13-5/h11-12H,6-8H2,1-5H3. The van der Waals surface area contributed by atoms with Crippen LogP contribution in [0, 0.1) is 5.41 Å². The van der Waals surface area contributed by atoms with Gasteiger partial charge in [0, 0.05) is 29.9 Å². The van der Waals surface area contributed by atoms with E-state index in [1.54, 1.807) is 0 Å². The van der Waals surface area contributed by atoms with Crippen LogP contribution in [-0.2, 0) is 0 Å². The van der Waals surface area contributed by atoms with Gasteiger partial charge in [0.2, 0.25) is 0 Å². The first-order valence-corrected chi connectivity index (χ1v) is 5.92. The SMILES string of the molecule is CSC(C)(C)CNCC(C)(C)CO. The van der Waals surface area contributed by atoms with Crippen LogP contribution in [0.3, 0.4) is 0 Å². The topological polar surface area (TPSA) is 32.3 Å². The molecule has 0 aromatic rings. The minimum atomic E-state index is -0.00547. The van der Waals surface area contributed by atoms with Crippen molar-refractivity contribution in [3.05, 3.63) is 0 Å². The van der Waals surface area contributed by atoms with E-state index in [-0.39, 0.29) is 16.8 Å². The van der Waals surface area contributed by atoms with E-state index in [0.717, 1.165) is 13.1 Å². The summed E-state index contributed by atoms with van der Waals surface area (Å²) in [4.78, 5) is 0. The fourth-order valence-electron chi connectivity index (χ4n) is 0.830. The average molecular weight is 205 g/mol. The van der Waals surface area contributed by atoms with E-state index in [0.29, 0.717) is 0 Å². The zero-order valence-electron chi connectivity index (χ0n) is 9.48. The Labute approximate surface area is 86.5 Å². The van der Waals surface area contributed by atoms with Gasteiger partial charge in [-0.25, -0.2) is 0 Å². The number of nitrogens with one attached hydrogen (secondary N) is 1. The van der Waals surface area contributed by atoms with Crippen LogP contribution < -0.4 is 5.32 Å². The first kappa shape index (κ1) is 13.3. The molecule has 0 unspecified atom stereocenters. The van der Waals surface area contributed by atoms with Crippen molar-refractivity contribution in [1.82, 2.24) is 5.32 Å². The Kier molecular flexibility index (Phi) is 5.33. The summed E-state index contributed by atoms with van der Waals surface area (Å²) in [5.41, 5.74) is -0.00547. The molecule has 0 aliphatic rings. The minimum Gasteiger partial charge on any atom is -0.396 e. The lowest BCUT2D eigenvalue weighted by atomic mass is 9.95. The van der Waals surface area contributed by atoms with Crippen molar-refractivity contribution in [2.45, 2.75) is 32.4 Å². The van der Waals surface area contributed by atoms with Gasteiger partial charge in [0.25, 0.3) is 0 Å². The highest BCUT2D eigenvalue weighted by Crippen LogP contribution is 2.20. The van der Waals surface area contributed by atoms with Crippen LogP contribution in [-0.4, -0.2) is 35.8 Å². The molecular formula is C10H23NOS. The van der Waals surface area contributed by atoms with E-state index in [2.05, 4.69) is 39.3 Å². The molecule has 0 amide bonds. The normalized spacial score (nSPS) is 13.4. The van der Waals surface area contributed by atoms with Crippen LogP contribution in [0.1, 0.15) is 27.7 Å². The zero-order chi connectivity index (χ0) is 10.5. The summed E-state index contributed by atoms with van der Waals surface area (Å²) in [6.07, 6.45) is 2.12. The van der Waals surface area contributed by atoms with E-state index in [1.807, 2.05) is 11.8 Å². The second kappa shape index (κ2) is 5.23. The molecule has 2 N–H and O–H groups in total. The van der Waals surface area contributed by atoms with Crippen molar-refractivity contribution in [3.63, 3.8) is 0 Å². The molecule has 13 heavy (non-hydrogen) atoms. The highest BCUT2D eigenvalue weighted by atomic mass is 32.2. The summed E-state index contributed by atoms with van der Waals surface area (Å²) in [7, 11) is 0. The number of hydrogen-bond donors (Lipinski definition) is 2. The fourth-order valence-corrected chi connectivity index (χ4v) is 1.08. The van der Waals surface area contributed by atoms with Crippen molar-refractivity contribution in [2.75, 3.05) is 26.0 Å². The smallest absolute Gasteiger partial charge is 0.0494 e. The number of rotatable bonds is 6. The molecule has 0 atom stereocenters. The fraction of sp³-hybridized carbons (Fsp3) is 1.00. The van der Waals surface area contributed by atoms with Crippen molar-refractivity contribution in [3.8, 4) is 0 Å². The van der Waals surface area contributed by atoms with E-state index in [4.69, 9.17) is 5.11 Å². The van der Waals surface area contributed by atoms with Gasteiger partial charge in [0.05, 0.1) is 0 Å². The van der Waals surface area contributed by atoms with Crippen LogP contribution in [0.4, 0.5) is 0 Å². The highest BCUT2D eigenvalue weighted by Gasteiger charge is 2.19. The second-order valence-electron chi connectivity index (χ2n) is 4.89. The van der Waals surface area contributed by atoms with Crippen LogP contribution in [0.5, 0.6) is 0 Å². The Bertz CT molecular complexity index is 130. The highest BCUT2D eigenvalue weighted by molar-refractivity contribution is 7.99. The van der Waals surface area contributed by atoms with Crippen molar-refractivity contribution >= 4 is 11.8 Å². The predicted molar refractivity (Wildman–Crippen MR) is 61.3 cm³/mol. The van der Waals surface area contributed by atoms with Gasteiger partial charge in [0.15, 0.2) is 0 Å². The molecule has 0 rings (SSSR count). The van der Waals surface area contributed by atoms with Crippen molar-refractivity contribution < 1.29 is 5.11 Å². The maximum absolute atomic E-state index is 9.04. The Morgan fingerprint density at radius 3 is 2.08 bits per heavy atom. The monoisotopic (exact) mass is 205 g/mol. The van der Waals surface area contributed by atoms with E-state index < -0.39 is 0 Å². The third kappa shape index (κ3) is 6.36. The van der Waals surface area contributed by atoms with Crippen LogP contribution >= 0.6 is 11.8 Å². The Morgan fingerprint density at radius 1 is 1.15 bits per heavy atom. The lowest BCUT2D eigenvalue weighted by Crippen LogP contribution is -2.39. The van der Waals surface area contributed by atoms with E-state index in [1.165, 1.54) is 0 Å². The van der Waals surface area contributed by atoms with Gasteiger partial charge in [0.1, 0.15) is 0 Å². The molecule has 0 fully saturated rings. The summed E-state index contributed by atoms with van der Waals surface area (Å²) < 4.78 is 0.283. The summed E-state index contributed by atoms with van der Waals surface area (Å²) in [5.74, 6) is 0. The van der Waals surface area contributed by atoms with Crippen molar-refractivity contribution in [1.29, 1.82) is 0 Å². The molecule has 0 aromatic heterocycles. The molecule has 0 aromatic carbocycles. The predicted octanol–water partition coefficient (Wildman–Crippen LogP) is 1.74. The van der Waals surface area contributed by atoms with Crippen LogP contribution in [0.2, 0.25) is 0 Å². The molecule has 0 bridgehead atoms. The first-order valence-electron chi connectivity index (χ1n) is 4.70. The third-order valence-corrected chi connectivity index (χ3v) is 3.38. The Balaban J connectivity index is 3.68. The van der Waals surface area contributed by atoms with Gasteiger partial charge in [-0.1, -0.05) is 13.8 Å². The quantitative estimate of drug-likeness (QED) is 0.693. The molecule has 2 nitrogen and oxygen atoms in total. The summed E-state index contributed by atoms with van der Waals surface area (Å²) in [5, 5.41) is 12.4. The second-order valence-corrected chi connectivity index (χ2v) is 6.40. The molecule has 0 aliphatic carbocycles. The first-order chi connectivity index (χ1) is 5.83. The van der Waals surface area contributed by atoms with Crippen molar-refractivity contribution in [2.24, 2.45) is 5.41 Å². The molecular weight excluding hydrogens is 182 g/mol. The Morgan fingerprint density at radius 2 is 1.69 bits per heavy atom. The summed E-state index contributed by atoms with van der Waals surface area (Å²) in [6, 6.07) is 0. The number of aliphatic hydroxyl groups is 1. The van der Waals surface area contributed by atoms with E-state index >= 15 is 0 Å². The third-order valence-electron chi connectivity index (χ3n) is 2.13. The van der Waals surface area contributed by atoms with Gasteiger partial charge < -0.3 is 10.4 Å². The molecule has 0 aliphatic heterocycles. The number of thioether (sulfide) groups is 1. The van der Waals surface area contributed by atoms with Gasteiger partial charge >= 0.3 is 0 Å². The Hall–Kier alpha value is 0.270. The minimum absolute atomic E-state index is 0.00547. The molecule has 0 saturated heterocycles. The molecule has 3 heteroatoms. The van der Waals surface area contributed by atoms with Gasteiger partial charge in [-0.3, -0.25) is 0 Å². The lowest BCUT2D eigenvalue weighted by Gasteiger charge is -2.27. The van der Waals surface area contributed by atoms with Gasteiger partial charge in [-0.2, -0.15) is 11.8 Å². The summed E-state index contributed by atoms with van der Waals surface area (Å²) in [6.45, 7) is 10.6. The lowest BCUT2D eigenvalue weighted by molar-refractivity contribution is 0.156. The van der Waals surface area contributed by atoms with E-state index in [9.17, 15) is 0 Å². The molecule has 0 saturated carbocycles. The maximum Gasteiger partial charge on any atom is 0.0494 e. The van der Waals surface area contributed by atoms with Gasteiger partial charge in [-0.15, -0.1) is 0 Å². The van der Waals surface area contributed by atoms with Crippen LogP contribution in [0.25, 0.3) is 0 Å². The number of aliphatic hydroxyl groups excluding tert-OH is 1. The largest absolute Gasteiger partial charge is 0.396 e. The van der Waals surface area contributed by atoms with Crippen LogP contribution in [0.15, 0.2) is 0 Å². The molecule has 0 heterocycles. The molecule has 0 spiro atoms. The zero-order valence-corrected chi connectivity index (χ0v) is 10.3. The average Bonchev–Trinajstić information content (AvgIpc) is 2.04. The summed E-state index contributed by atoms with van der Waals surface area (Å²) >= 11 is 1.86. The molecule has 0 radical (unpaired) electrons.